The summed E-state index contributed by atoms with van der Waals surface area (Å²) in [5.74, 6) is 0.162. The molecule has 2 aliphatic rings. The van der Waals surface area contributed by atoms with Gasteiger partial charge in [-0.15, -0.1) is 0 Å². The third-order valence-electron chi connectivity index (χ3n) is 5.83. The molecular weight excluding hydrogens is 428 g/mol. The molecule has 2 unspecified atom stereocenters. The third kappa shape index (κ3) is 3.14. The van der Waals surface area contributed by atoms with E-state index in [1.807, 2.05) is 54.6 Å². The van der Waals surface area contributed by atoms with Crippen LogP contribution in [0.15, 0.2) is 58.3 Å². The summed E-state index contributed by atoms with van der Waals surface area (Å²) < 4.78 is 18.9. The molecule has 3 aromatic rings. The molecule has 0 aliphatic carbocycles. The van der Waals surface area contributed by atoms with E-state index in [0.717, 1.165) is 16.9 Å². The number of thiazole rings is 1. The highest BCUT2D eigenvalue weighted by Crippen LogP contribution is 2.47. The van der Waals surface area contributed by atoms with Crippen LogP contribution in [0.3, 0.4) is 0 Å². The van der Waals surface area contributed by atoms with E-state index < -0.39 is 23.7 Å². The molecule has 0 N–H and O–H groups in total. The van der Waals surface area contributed by atoms with Gasteiger partial charge in [0.1, 0.15) is 17.4 Å². The number of rotatable bonds is 4. The molecule has 0 saturated carbocycles. The molecule has 0 fully saturated rings. The summed E-state index contributed by atoms with van der Waals surface area (Å²) in [4.78, 5) is 31.8. The Morgan fingerprint density at radius 3 is 2.72 bits per heavy atom. The molecule has 0 spiro atoms. The van der Waals surface area contributed by atoms with Gasteiger partial charge < -0.3 is 14.2 Å². The first-order chi connectivity index (χ1) is 15.4. The normalized spacial score (nSPS) is 23.4. The van der Waals surface area contributed by atoms with Gasteiger partial charge in [0.25, 0.3) is 5.56 Å². The first kappa shape index (κ1) is 20.5. The average molecular weight is 451 g/mol. The van der Waals surface area contributed by atoms with Crippen LogP contribution in [0, 0.1) is 5.92 Å². The molecule has 0 radical (unpaired) electrons. The van der Waals surface area contributed by atoms with E-state index >= 15 is 0 Å². The van der Waals surface area contributed by atoms with Gasteiger partial charge in [0, 0.05) is 5.56 Å². The van der Waals surface area contributed by atoms with Crippen molar-refractivity contribution in [2.45, 2.75) is 25.6 Å². The zero-order valence-electron chi connectivity index (χ0n) is 17.9. The van der Waals surface area contributed by atoms with Gasteiger partial charge in [0.05, 0.1) is 24.3 Å². The number of methoxy groups -OCH3 is 1. The summed E-state index contributed by atoms with van der Waals surface area (Å²) in [5, 5.41) is 0. The molecule has 2 bridgehead atoms. The lowest BCUT2D eigenvalue weighted by molar-refractivity contribution is -0.160. The van der Waals surface area contributed by atoms with Crippen LogP contribution in [0.1, 0.15) is 31.0 Å². The lowest BCUT2D eigenvalue weighted by atomic mass is 9.81. The third-order valence-corrected chi connectivity index (χ3v) is 6.82. The molecule has 2 aliphatic heterocycles. The fraction of sp³-hybridized carbons (Fsp3) is 0.292. The maximum absolute atomic E-state index is 13.5. The van der Waals surface area contributed by atoms with Crippen molar-refractivity contribution in [2.75, 3.05) is 13.7 Å². The summed E-state index contributed by atoms with van der Waals surface area (Å²) in [5.41, 5.74) is 0.285. The number of carbonyl (C=O) groups excluding carboxylic acids is 1. The van der Waals surface area contributed by atoms with Crippen LogP contribution >= 0.6 is 11.3 Å². The second-order valence-corrected chi connectivity index (χ2v) is 8.83. The van der Waals surface area contributed by atoms with E-state index in [9.17, 15) is 9.59 Å². The minimum Gasteiger partial charge on any atom is -0.497 e. The van der Waals surface area contributed by atoms with Crippen molar-refractivity contribution in [1.29, 1.82) is 0 Å². The van der Waals surface area contributed by atoms with Crippen molar-refractivity contribution in [2.24, 2.45) is 10.9 Å². The molecule has 3 atom stereocenters. The standard InChI is InChI=1S/C24H22N2O5S/c1-4-30-22(28)19-20-16-7-5-6-8-17(16)31-24(19,2)25-23-26(20)21(27)18(32-23)13-14-9-11-15(29-3)12-10-14/h5-13,19-20H,4H2,1-3H3/b18-13+/t19?,20?,24-/m0/s1. The largest absolute Gasteiger partial charge is 0.497 e. The van der Waals surface area contributed by atoms with Crippen LogP contribution in [0.5, 0.6) is 11.5 Å². The first-order valence-corrected chi connectivity index (χ1v) is 11.2. The minimum absolute atomic E-state index is 0.192. The Morgan fingerprint density at radius 2 is 2.00 bits per heavy atom. The number of hydrogen-bond acceptors (Lipinski definition) is 7. The van der Waals surface area contributed by atoms with Crippen molar-refractivity contribution >= 4 is 23.4 Å². The number of nitrogens with zero attached hydrogens (tertiary/aromatic N) is 2. The zero-order chi connectivity index (χ0) is 22.5. The monoisotopic (exact) mass is 450 g/mol. The second kappa shape index (κ2) is 7.63. The Kier molecular flexibility index (Phi) is 4.89. The Morgan fingerprint density at radius 1 is 1.25 bits per heavy atom. The van der Waals surface area contributed by atoms with Crippen molar-refractivity contribution in [3.8, 4) is 11.5 Å². The Bertz CT molecular complexity index is 1370. The lowest BCUT2D eigenvalue weighted by Crippen LogP contribution is -2.58. The Hall–Kier alpha value is -3.39. The first-order valence-electron chi connectivity index (χ1n) is 10.4. The molecule has 0 amide bonds. The number of aromatic nitrogens is 1. The highest BCUT2D eigenvalue weighted by Gasteiger charge is 2.55. The number of ether oxygens (including phenoxy) is 3. The minimum atomic E-state index is -1.17. The van der Waals surface area contributed by atoms with Gasteiger partial charge in [-0.05, 0) is 43.7 Å². The molecule has 1 aromatic heterocycles. The maximum Gasteiger partial charge on any atom is 0.317 e. The van der Waals surface area contributed by atoms with Crippen molar-refractivity contribution in [1.82, 2.24) is 4.57 Å². The molecule has 32 heavy (non-hydrogen) atoms. The van der Waals surface area contributed by atoms with Crippen LogP contribution < -0.4 is 24.4 Å². The number of benzene rings is 2. The zero-order valence-corrected chi connectivity index (χ0v) is 18.7. The number of esters is 1. The topological polar surface area (TPSA) is 79.1 Å². The van der Waals surface area contributed by atoms with E-state index in [1.54, 1.807) is 25.5 Å². The molecule has 3 heterocycles. The van der Waals surface area contributed by atoms with Gasteiger partial charge >= 0.3 is 5.97 Å². The SMILES string of the molecule is CCOC(=O)C1C2c3ccccc3O[C@]1(C)N=c1s/c(=C/c3ccc(OC)cc3)c(=O)n12. The van der Waals surface area contributed by atoms with Crippen LogP contribution in [0.4, 0.5) is 0 Å². The summed E-state index contributed by atoms with van der Waals surface area (Å²) in [6.45, 7) is 3.77. The number of hydrogen-bond donors (Lipinski definition) is 0. The number of carbonyl (C=O) groups is 1. The van der Waals surface area contributed by atoms with Gasteiger partial charge in [-0.2, -0.15) is 0 Å². The van der Waals surface area contributed by atoms with Gasteiger partial charge in [0.15, 0.2) is 4.80 Å². The molecular formula is C24H22N2O5S. The smallest absolute Gasteiger partial charge is 0.317 e. The van der Waals surface area contributed by atoms with Gasteiger partial charge in [-0.1, -0.05) is 41.7 Å². The number of fused-ring (bicyclic) bond motifs is 6. The molecule has 2 aromatic carbocycles. The van der Waals surface area contributed by atoms with Crippen molar-refractivity contribution < 1.29 is 19.0 Å². The van der Waals surface area contributed by atoms with E-state index in [2.05, 4.69) is 0 Å². The summed E-state index contributed by atoms with van der Waals surface area (Å²) in [6.07, 6.45) is 1.83. The maximum atomic E-state index is 13.5. The Balaban J connectivity index is 1.73. The molecule has 8 heteroatoms. The highest BCUT2D eigenvalue weighted by atomic mass is 32.1. The summed E-state index contributed by atoms with van der Waals surface area (Å²) >= 11 is 1.29. The fourth-order valence-electron chi connectivity index (χ4n) is 4.39. The molecule has 5 rings (SSSR count). The van der Waals surface area contributed by atoms with Crippen LogP contribution in [0.25, 0.3) is 6.08 Å². The van der Waals surface area contributed by atoms with Crippen molar-refractivity contribution in [3.05, 3.63) is 79.3 Å². The second-order valence-electron chi connectivity index (χ2n) is 7.82. The van der Waals surface area contributed by atoms with E-state index in [-0.39, 0.29) is 12.2 Å². The molecule has 164 valence electrons. The van der Waals surface area contributed by atoms with Crippen LogP contribution in [0.2, 0.25) is 0 Å². The summed E-state index contributed by atoms with van der Waals surface area (Å²) in [6, 6.07) is 14.4. The van der Waals surface area contributed by atoms with Gasteiger partial charge in [0.2, 0.25) is 5.72 Å². The van der Waals surface area contributed by atoms with E-state index in [1.165, 1.54) is 11.3 Å². The van der Waals surface area contributed by atoms with Gasteiger partial charge in [-0.25, -0.2) is 4.99 Å². The quantitative estimate of drug-likeness (QED) is 0.570. The lowest BCUT2D eigenvalue weighted by Gasteiger charge is -2.44. The molecule has 7 nitrogen and oxygen atoms in total. The highest BCUT2D eigenvalue weighted by molar-refractivity contribution is 7.07. The van der Waals surface area contributed by atoms with E-state index in [4.69, 9.17) is 19.2 Å². The predicted molar refractivity (Wildman–Crippen MR) is 120 cm³/mol. The van der Waals surface area contributed by atoms with E-state index in [0.29, 0.717) is 15.1 Å². The van der Waals surface area contributed by atoms with Crippen LogP contribution in [-0.4, -0.2) is 30.0 Å². The number of para-hydroxylation sites is 1. The van der Waals surface area contributed by atoms with Gasteiger partial charge in [-0.3, -0.25) is 14.2 Å². The van der Waals surface area contributed by atoms with Crippen LogP contribution in [-0.2, 0) is 9.53 Å². The molecule has 0 saturated heterocycles. The average Bonchev–Trinajstić information content (AvgIpc) is 3.07. The predicted octanol–water partition coefficient (Wildman–Crippen LogP) is 2.26. The fourth-order valence-corrected chi connectivity index (χ4v) is 5.49. The Labute approximate surface area is 188 Å². The van der Waals surface area contributed by atoms with Crippen molar-refractivity contribution in [3.63, 3.8) is 0 Å². The summed E-state index contributed by atoms with van der Waals surface area (Å²) in [7, 11) is 1.61.